The molecule has 1 aromatic carbocycles. The lowest BCUT2D eigenvalue weighted by Crippen LogP contribution is -2.03. The van der Waals surface area contributed by atoms with Gasteiger partial charge in [-0.3, -0.25) is 4.79 Å². The molecule has 3 N–H and O–H groups in total. The molecule has 0 aliphatic rings. The molecule has 3 aromatic rings. The third-order valence-corrected chi connectivity index (χ3v) is 3.52. The Morgan fingerprint density at radius 2 is 2.25 bits per heavy atom. The standard InChI is InChI=1S/C10H6FN3OS/c11-5-1-4-7(2-6(5)12)16-9-8(4)13-3-14-10(9)15/h1-3H,12H2,(H,13,14,15). The summed E-state index contributed by atoms with van der Waals surface area (Å²) in [6.45, 7) is 0. The predicted molar refractivity (Wildman–Crippen MR) is 62.1 cm³/mol. The summed E-state index contributed by atoms with van der Waals surface area (Å²) in [5, 5.41) is 0.623. The molecule has 0 aliphatic carbocycles. The quantitative estimate of drug-likeness (QED) is 0.584. The van der Waals surface area contributed by atoms with Crippen LogP contribution in [0.5, 0.6) is 0 Å². The molecule has 4 nitrogen and oxygen atoms in total. The Morgan fingerprint density at radius 1 is 1.44 bits per heavy atom. The number of nitrogens with one attached hydrogen (secondary N) is 1. The van der Waals surface area contributed by atoms with Crippen LogP contribution in [-0.2, 0) is 0 Å². The summed E-state index contributed by atoms with van der Waals surface area (Å²) in [5.74, 6) is -0.491. The van der Waals surface area contributed by atoms with Crippen LogP contribution in [0.25, 0.3) is 20.3 Å². The van der Waals surface area contributed by atoms with Gasteiger partial charge in [0, 0.05) is 10.1 Å². The molecule has 0 bridgehead atoms. The number of hydrogen-bond donors (Lipinski definition) is 2. The van der Waals surface area contributed by atoms with Crippen molar-refractivity contribution < 1.29 is 4.39 Å². The Kier molecular flexibility index (Phi) is 1.75. The van der Waals surface area contributed by atoms with Crippen molar-refractivity contribution in [2.75, 3.05) is 5.73 Å². The Hall–Kier alpha value is -1.95. The highest BCUT2D eigenvalue weighted by molar-refractivity contribution is 7.25. The number of thiophene rings is 1. The molecule has 0 saturated carbocycles. The molecule has 0 radical (unpaired) electrons. The maximum absolute atomic E-state index is 13.3. The van der Waals surface area contributed by atoms with Gasteiger partial charge in [0.2, 0.25) is 0 Å². The van der Waals surface area contributed by atoms with Gasteiger partial charge in [-0.25, -0.2) is 9.37 Å². The number of aromatic amines is 1. The van der Waals surface area contributed by atoms with E-state index in [9.17, 15) is 9.18 Å². The van der Waals surface area contributed by atoms with Crippen LogP contribution in [0.15, 0.2) is 23.3 Å². The zero-order valence-electron chi connectivity index (χ0n) is 7.95. The van der Waals surface area contributed by atoms with Crippen LogP contribution in [0, 0.1) is 5.82 Å². The minimum absolute atomic E-state index is 0.0792. The minimum Gasteiger partial charge on any atom is -0.396 e. The number of H-pyrrole nitrogens is 1. The van der Waals surface area contributed by atoms with E-state index in [2.05, 4.69) is 9.97 Å². The summed E-state index contributed by atoms with van der Waals surface area (Å²) < 4.78 is 14.6. The SMILES string of the molecule is Nc1cc2sc3c(=O)[nH]cnc3c2cc1F. The van der Waals surface area contributed by atoms with Gasteiger partial charge in [-0.2, -0.15) is 0 Å². The van der Waals surface area contributed by atoms with Gasteiger partial charge in [0.15, 0.2) is 0 Å². The molecular formula is C10H6FN3OS. The number of nitrogen functional groups attached to an aromatic ring is 1. The third kappa shape index (κ3) is 1.13. The van der Waals surface area contributed by atoms with Crippen molar-refractivity contribution >= 4 is 37.3 Å². The molecular weight excluding hydrogens is 229 g/mol. The maximum Gasteiger partial charge on any atom is 0.268 e. The zero-order valence-corrected chi connectivity index (χ0v) is 8.77. The van der Waals surface area contributed by atoms with Crippen LogP contribution in [0.3, 0.4) is 0 Å². The summed E-state index contributed by atoms with van der Waals surface area (Å²) in [6, 6.07) is 2.84. The summed E-state index contributed by atoms with van der Waals surface area (Å²) >= 11 is 1.26. The lowest BCUT2D eigenvalue weighted by molar-refractivity contribution is 0.634. The first kappa shape index (κ1) is 9.29. The molecule has 80 valence electrons. The van der Waals surface area contributed by atoms with Crippen molar-refractivity contribution in [2.45, 2.75) is 0 Å². The smallest absolute Gasteiger partial charge is 0.268 e. The fourth-order valence-electron chi connectivity index (χ4n) is 1.62. The molecule has 0 saturated heterocycles. The largest absolute Gasteiger partial charge is 0.396 e. The Labute approximate surface area is 92.5 Å². The number of halogens is 1. The number of benzene rings is 1. The lowest BCUT2D eigenvalue weighted by Gasteiger charge is -1.95. The van der Waals surface area contributed by atoms with E-state index < -0.39 is 5.82 Å². The number of rotatable bonds is 0. The van der Waals surface area contributed by atoms with E-state index >= 15 is 0 Å². The van der Waals surface area contributed by atoms with E-state index in [1.807, 2.05) is 0 Å². The molecule has 16 heavy (non-hydrogen) atoms. The van der Waals surface area contributed by atoms with Crippen LogP contribution >= 0.6 is 11.3 Å². The monoisotopic (exact) mass is 235 g/mol. The molecule has 0 atom stereocenters. The first-order chi connectivity index (χ1) is 7.66. The van der Waals surface area contributed by atoms with Gasteiger partial charge in [-0.1, -0.05) is 0 Å². The van der Waals surface area contributed by atoms with Gasteiger partial charge in [0.25, 0.3) is 5.56 Å². The van der Waals surface area contributed by atoms with Crippen molar-refractivity contribution in [3.63, 3.8) is 0 Å². The molecule has 2 aromatic heterocycles. The van der Waals surface area contributed by atoms with Crippen LogP contribution < -0.4 is 11.3 Å². The maximum atomic E-state index is 13.3. The van der Waals surface area contributed by atoms with E-state index in [-0.39, 0.29) is 11.2 Å². The average molecular weight is 235 g/mol. The third-order valence-electron chi connectivity index (χ3n) is 2.38. The molecule has 0 aliphatic heterocycles. The molecule has 0 amide bonds. The van der Waals surface area contributed by atoms with Crippen molar-refractivity contribution in [1.82, 2.24) is 9.97 Å². The summed E-state index contributed by atoms with van der Waals surface area (Å²) in [5.41, 5.74) is 5.85. The van der Waals surface area contributed by atoms with Crippen molar-refractivity contribution in [3.8, 4) is 0 Å². The summed E-state index contributed by atoms with van der Waals surface area (Å²) in [4.78, 5) is 18.0. The van der Waals surface area contributed by atoms with Gasteiger partial charge >= 0.3 is 0 Å². The highest BCUT2D eigenvalue weighted by atomic mass is 32.1. The molecule has 2 heterocycles. The molecule has 3 rings (SSSR count). The van der Waals surface area contributed by atoms with Crippen molar-refractivity contribution in [1.29, 1.82) is 0 Å². The van der Waals surface area contributed by atoms with Crippen LogP contribution in [0.1, 0.15) is 0 Å². The zero-order chi connectivity index (χ0) is 11.3. The molecule has 6 heteroatoms. The second-order valence-electron chi connectivity index (χ2n) is 3.38. The fourth-order valence-corrected chi connectivity index (χ4v) is 2.70. The van der Waals surface area contributed by atoms with Gasteiger partial charge in [-0.05, 0) is 12.1 Å². The van der Waals surface area contributed by atoms with E-state index in [1.165, 1.54) is 29.8 Å². The Balaban J connectivity index is 2.61. The van der Waals surface area contributed by atoms with Crippen LogP contribution in [-0.4, -0.2) is 9.97 Å². The van der Waals surface area contributed by atoms with Gasteiger partial charge < -0.3 is 10.7 Å². The summed E-state index contributed by atoms with van der Waals surface area (Å²) in [7, 11) is 0. The number of nitrogens with zero attached hydrogens (tertiary/aromatic N) is 1. The van der Waals surface area contributed by atoms with Crippen molar-refractivity contribution in [2.24, 2.45) is 0 Å². The van der Waals surface area contributed by atoms with E-state index in [4.69, 9.17) is 5.73 Å². The van der Waals surface area contributed by atoms with E-state index in [0.717, 1.165) is 4.70 Å². The molecule has 0 fully saturated rings. The average Bonchev–Trinajstić information content (AvgIpc) is 2.59. The predicted octanol–water partition coefficient (Wildman–Crippen LogP) is 1.86. The van der Waals surface area contributed by atoms with Crippen LogP contribution in [0.2, 0.25) is 0 Å². The number of aromatic nitrogens is 2. The number of nitrogens with two attached hydrogens (primary N) is 1. The molecule has 0 spiro atoms. The highest BCUT2D eigenvalue weighted by Crippen LogP contribution is 2.32. The van der Waals surface area contributed by atoms with E-state index in [0.29, 0.717) is 15.6 Å². The van der Waals surface area contributed by atoms with Gasteiger partial charge in [0.05, 0.1) is 17.5 Å². The first-order valence-corrected chi connectivity index (χ1v) is 5.33. The van der Waals surface area contributed by atoms with Crippen LogP contribution in [0.4, 0.5) is 10.1 Å². The van der Waals surface area contributed by atoms with Crippen molar-refractivity contribution in [3.05, 3.63) is 34.6 Å². The van der Waals surface area contributed by atoms with Gasteiger partial charge in [0.1, 0.15) is 10.5 Å². The number of anilines is 1. The lowest BCUT2D eigenvalue weighted by atomic mass is 10.2. The fraction of sp³-hybridized carbons (Fsp3) is 0. The second-order valence-corrected chi connectivity index (χ2v) is 4.43. The van der Waals surface area contributed by atoms with Gasteiger partial charge in [-0.15, -0.1) is 11.3 Å². The highest BCUT2D eigenvalue weighted by Gasteiger charge is 2.11. The second kappa shape index (κ2) is 3.02. The first-order valence-electron chi connectivity index (χ1n) is 4.52. The number of hydrogen-bond acceptors (Lipinski definition) is 4. The minimum atomic E-state index is -0.491. The number of fused-ring (bicyclic) bond motifs is 3. The normalized spacial score (nSPS) is 11.3. The molecule has 0 unspecified atom stereocenters. The Morgan fingerprint density at radius 3 is 3.06 bits per heavy atom. The Bertz CT molecular complexity index is 762. The van der Waals surface area contributed by atoms with E-state index in [1.54, 1.807) is 0 Å². The topological polar surface area (TPSA) is 71.8 Å². The summed E-state index contributed by atoms with van der Waals surface area (Å²) in [6.07, 6.45) is 1.31.